The molecule has 30 heavy (non-hydrogen) atoms. The number of rotatable bonds is 4. The maximum atomic E-state index is 14.4. The number of carbonyl (C=O) groups is 2. The molecule has 1 fully saturated rings. The van der Waals surface area contributed by atoms with E-state index in [1.807, 2.05) is 0 Å². The maximum Gasteiger partial charge on any atom is 0.269 e. The number of aromatic amines is 1. The van der Waals surface area contributed by atoms with Gasteiger partial charge in [0.1, 0.15) is 11.3 Å². The molecule has 3 aromatic heterocycles. The minimum Gasteiger partial charge on any atom is -0.357 e. The Morgan fingerprint density at radius 1 is 1.30 bits per heavy atom. The van der Waals surface area contributed by atoms with Crippen LogP contribution >= 0.6 is 0 Å². The molecule has 1 aliphatic heterocycles. The Balaban J connectivity index is 1.46. The standard InChI is InChI=1S/C19H20FN7O3/c1-11-8-27-15(23-18(11)29)7-12(24-27)9-26-6-5-25(10-16(26)28)14-4-3-13(19(30)21-2)22-17(14)20/h3-4,7-8H,5-6,9-10H2,1-2H3,(H,21,30)(H,23,29). The zero-order valence-electron chi connectivity index (χ0n) is 16.5. The van der Waals surface area contributed by atoms with Gasteiger partial charge in [-0.3, -0.25) is 14.4 Å². The van der Waals surface area contributed by atoms with Gasteiger partial charge in [-0.1, -0.05) is 0 Å². The fourth-order valence-electron chi connectivity index (χ4n) is 3.37. The first-order chi connectivity index (χ1) is 14.4. The number of nitrogens with zero attached hydrogens (tertiary/aromatic N) is 5. The Labute approximate surface area is 170 Å². The van der Waals surface area contributed by atoms with Crippen LogP contribution in [-0.2, 0) is 11.3 Å². The lowest BCUT2D eigenvalue weighted by atomic mass is 10.2. The van der Waals surface area contributed by atoms with E-state index < -0.39 is 11.9 Å². The number of anilines is 1. The van der Waals surface area contributed by atoms with Gasteiger partial charge in [0.05, 0.1) is 24.5 Å². The van der Waals surface area contributed by atoms with Crippen molar-refractivity contribution in [3.8, 4) is 0 Å². The highest BCUT2D eigenvalue weighted by atomic mass is 19.1. The van der Waals surface area contributed by atoms with Gasteiger partial charge < -0.3 is 20.1 Å². The summed E-state index contributed by atoms with van der Waals surface area (Å²) in [4.78, 5) is 45.6. The Morgan fingerprint density at radius 2 is 2.10 bits per heavy atom. The maximum absolute atomic E-state index is 14.4. The van der Waals surface area contributed by atoms with Crippen molar-refractivity contribution in [2.45, 2.75) is 13.5 Å². The van der Waals surface area contributed by atoms with E-state index in [1.54, 1.807) is 33.5 Å². The normalized spacial score (nSPS) is 14.4. The number of halogens is 1. The number of H-pyrrole nitrogens is 1. The number of aryl methyl sites for hydroxylation is 1. The zero-order valence-corrected chi connectivity index (χ0v) is 16.5. The van der Waals surface area contributed by atoms with Crippen LogP contribution in [-0.4, -0.2) is 63.0 Å². The predicted octanol–water partition coefficient (Wildman–Crippen LogP) is 0.0735. The molecular weight excluding hydrogens is 393 g/mol. The molecule has 10 nitrogen and oxygen atoms in total. The molecule has 0 aromatic carbocycles. The summed E-state index contributed by atoms with van der Waals surface area (Å²) in [5.41, 5.74) is 1.70. The smallest absolute Gasteiger partial charge is 0.269 e. The second-order valence-corrected chi connectivity index (χ2v) is 7.05. The van der Waals surface area contributed by atoms with E-state index >= 15 is 0 Å². The lowest BCUT2D eigenvalue weighted by Crippen LogP contribution is -2.50. The lowest BCUT2D eigenvalue weighted by molar-refractivity contribution is -0.131. The quantitative estimate of drug-likeness (QED) is 0.585. The van der Waals surface area contributed by atoms with Crippen molar-refractivity contribution in [3.63, 3.8) is 0 Å². The molecule has 0 bridgehead atoms. The molecule has 0 spiro atoms. The molecule has 0 aliphatic carbocycles. The largest absolute Gasteiger partial charge is 0.357 e. The van der Waals surface area contributed by atoms with E-state index in [-0.39, 0.29) is 35.9 Å². The molecule has 0 saturated carbocycles. The molecule has 2 N–H and O–H groups in total. The average Bonchev–Trinajstić information content (AvgIpc) is 3.10. The monoisotopic (exact) mass is 413 g/mol. The fourth-order valence-corrected chi connectivity index (χ4v) is 3.37. The number of hydrogen-bond acceptors (Lipinski definition) is 6. The summed E-state index contributed by atoms with van der Waals surface area (Å²) in [5.74, 6) is -1.46. The van der Waals surface area contributed by atoms with Crippen molar-refractivity contribution in [2.75, 3.05) is 31.6 Å². The van der Waals surface area contributed by atoms with Crippen LogP contribution in [0.3, 0.4) is 0 Å². The Bertz CT molecular complexity index is 1200. The Morgan fingerprint density at radius 3 is 2.80 bits per heavy atom. The van der Waals surface area contributed by atoms with E-state index in [0.29, 0.717) is 30.0 Å². The fraction of sp³-hybridized carbons (Fsp3) is 0.316. The highest BCUT2D eigenvalue weighted by Gasteiger charge is 2.27. The number of piperazine rings is 1. The van der Waals surface area contributed by atoms with Gasteiger partial charge in [-0.25, -0.2) is 9.50 Å². The van der Waals surface area contributed by atoms with Gasteiger partial charge in [-0.15, -0.1) is 0 Å². The summed E-state index contributed by atoms with van der Waals surface area (Å²) in [6.45, 7) is 2.75. The minimum atomic E-state index is -0.794. The summed E-state index contributed by atoms with van der Waals surface area (Å²) < 4.78 is 16.0. The molecule has 4 rings (SSSR count). The number of amides is 2. The van der Waals surface area contributed by atoms with E-state index in [0.717, 1.165) is 0 Å². The van der Waals surface area contributed by atoms with Crippen LogP contribution in [0.25, 0.3) is 5.65 Å². The van der Waals surface area contributed by atoms with Crippen molar-refractivity contribution in [1.82, 2.24) is 29.8 Å². The summed E-state index contributed by atoms with van der Waals surface area (Å²) in [7, 11) is 1.44. The van der Waals surface area contributed by atoms with E-state index in [1.165, 1.54) is 19.2 Å². The van der Waals surface area contributed by atoms with E-state index in [2.05, 4.69) is 20.4 Å². The van der Waals surface area contributed by atoms with Crippen molar-refractivity contribution in [3.05, 3.63) is 57.6 Å². The number of fused-ring (bicyclic) bond motifs is 1. The number of aromatic nitrogens is 4. The van der Waals surface area contributed by atoms with Crippen LogP contribution in [0.15, 0.2) is 29.2 Å². The first kappa shape index (κ1) is 19.6. The third-order valence-electron chi connectivity index (χ3n) is 5.00. The third kappa shape index (κ3) is 3.61. The zero-order chi connectivity index (χ0) is 21.4. The molecule has 0 unspecified atom stereocenters. The predicted molar refractivity (Wildman–Crippen MR) is 106 cm³/mol. The van der Waals surface area contributed by atoms with Crippen LogP contribution in [0.4, 0.5) is 10.1 Å². The molecule has 3 aromatic rings. The first-order valence-corrected chi connectivity index (χ1v) is 9.35. The van der Waals surface area contributed by atoms with Gasteiger partial charge in [-0.05, 0) is 19.1 Å². The summed E-state index contributed by atoms with van der Waals surface area (Å²) in [5, 5.41) is 6.79. The van der Waals surface area contributed by atoms with Gasteiger partial charge in [-0.2, -0.15) is 9.49 Å². The van der Waals surface area contributed by atoms with Gasteiger partial charge >= 0.3 is 0 Å². The molecule has 0 radical (unpaired) electrons. The van der Waals surface area contributed by atoms with Crippen molar-refractivity contribution in [2.24, 2.45) is 0 Å². The van der Waals surface area contributed by atoms with Crippen LogP contribution in [0.2, 0.25) is 0 Å². The molecular formula is C19H20FN7O3. The van der Waals surface area contributed by atoms with Gasteiger partial charge in [0.25, 0.3) is 11.5 Å². The number of hydrogen-bond donors (Lipinski definition) is 2. The second kappa shape index (κ2) is 7.58. The summed E-state index contributed by atoms with van der Waals surface area (Å²) in [6.07, 6.45) is 1.63. The number of pyridine rings is 1. The minimum absolute atomic E-state index is 0.0127. The number of carbonyl (C=O) groups excluding carboxylic acids is 2. The van der Waals surface area contributed by atoms with Crippen molar-refractivity contribution in [1.29, 1.82) is 0 Å². The molecule has 1 saturated heterocycles. The van der Waals surface area contributed by atoms with Crippen LogP contribution in [0.1, 0.15) is 21.7 Å². The van der Waals surface area contributed by atoms with E-state index in [9.17, 15) is 18.8 Å². The SMILES string of the molecule is CNC(=O)c1ccc(N2CCN(Cc3cc4[nH]c(=O)c(C)cn4n3)C(=O)C2)c(F)n1. The topological polar surface area (TPSA) is 116 Å². The average molecular weight is 413 g/mol. The second-order valence-electron chi connectivity index (χ2n) is 7.05. The molecule has 4 heterocycles. The highest BCUT2D eigenvalue weighted by Crippen LogP contribution is 2.21. The molecule has 11 heteroatoms. The highest BCUT2D eigenvalue weighted by molar-refractivity contribution is 5.92. The Kier molecular flexibility index (Phi) is 4.94. The van der Waals surface area contributed by atoms with Crippen LogP contribution in [0, 0.1) is 12.9 Å². The molecule has 2 amide bonds. The van der Waals surface area contributed by atoms with Crippen LogP contribution in [0.5, 0.6) is 0 Å². The summed E-state index contributed by atoms with van der Waals surface area (Å²) >= 11 is 0. The molecule has 1 aliphatic rings. The summed E-state index contributed by atoms with van der Waals surface area (Å²) in [6, 6.07) is 4.60. The molecule has 156 valence electrons. The van der Waals surface area contributed by atoms with Gasteiger partial charge in [0.15, 0.2) is 0 Å². The molecule has 0 atom stereocenters. The third-order valence-corrected chi connectivity index (χ3v) is 5.00. The van der Waals surface area contributed by atoms with Gasteiger partial charge in [0.2, 0.25) is 11.9 Å². The first-order valence-electron chi connectivity index (χ1n) is 9.35. The van der Waals surface area contributed by atoms with E-state index in [4.69, 9.17) is 0 Å². The van der Waals surface area contributed by atoms with Crippen LogP contribution < -0.4 is 15.8 Å². The number of nitrogens with one attached hydrogen (secondary N) is 2. The Hall–Kier alpha value is -3.76. The van der Waals surface area contributed by atoms with Crippen molar-refractivity contribution < 1.29 is 14.0 Å². The van der Waals surface area contributed by atoms with Gasteiger partial charge in [0, 0.05) is 38.0 Å². The lowest BCUT2D eigenvalue weighted by Gasteiger charge is -2.35. The van der Waals surface area contributed by atoms with Crippen molar-refractivity contribution >= 4 is 23.1 Å².